The Hall–Kier alpha value is -1.16. The highest BCUT2D eigenvalue weighted by Crippen LogP contribution is 2.17. The zero-order chi connectivity index (χ0) is 11.4. The van der Waals surface area contributed by atoms with Crippen molar-refractivity contribution < 1.29 is 0 Å². The van der Waals surface area contributed by atoms with E-state index in [4.69, 9.17) is 0 Å². The first-order valence-corrected chi connectivity index (χ1v) is 6.10. The summed E-state index contributed by atoms with van der Waals surface area (Å²) < 4.78 is 0. The van der Waals surface area contributed by atoms with Gasteiger partial charge in [0.05, 0.1) is 5.69 Å². The van der Waals surface area contributed by atoms with Gasteiger partial charge in [-0.2, -0.15) is 5.10 Å². The molecule has 16 heavy (non-hydrogen) atoms. The van der Waals surface area contributed by atoms with Crippen molar-refractivity contribution in [3.63, 3.8) is 0 Å². The van der Waals surface area contributed by atoms with E-state index in [9.17, 15) is 0 Å². The molecule has 2 heterocycles. The maximum absolute atomic E-state index is 4.37. The summed E-state index contributed by atoms with van der Waals surface area (Å²) in [6, 6.07) is 2.17. The number of hydrogen-bond acceptors (Lipinski definition) is 4. The fourth-order valence-corrected chi connectivity index (χ4v) is 2.10. The van der Waals surface area contributed by atoms with Crippen LogP contribution in [-0.2, 0) is 6.42 Å². The molecule has 1 fully saturated rings. The van der Waals surface area contributed by atoms with Crippen LogP contribution in [-0.4, -0.2) is 36.4 Å². The van der Waals surface area contributed by atoms with Crippen molar-refractivity contribution in [2.24, 2.45) is 0 Å². The zero-order valence-electron chi connectivity index (χ0n) is 10.2. The molecule has 1 aliphatic heterocycles. The summed E-state index contributed by atoms with van der Waals surface area (Å²) in [6.07, 6.45) is 2.15. The highest BCUT2D eigenvalue weighted by molar-refractivity contribution is 5.46. The zero-order valence-corrected chi connectivity index (χ0v) is 10.2. The molecule has 1 aliphatic rings. The van der Waals surface area contributed by atoms with Crippen LogP contribution in [0, 0.1) is 6.92 Å². The van der Waals surface area contributed by atoms with Gasteiger partial charge in [-0.1, -0.05) is 13.3 Å². The largest absolute Gasteiger partial charge is 0.352 e. The third-order valence-corrected chi connectivity index (χ3v) is 2.93. The van der Waals surface area contributed by atoms with Crippen molar-refractivity contribution in [2.45, 2.75) is 26.7 Å². The van der Waals surface area contributed by atoms with Crippen LogP contribution in [0.15, 0.2) is 6.07 Å². The number of nitrogens with one attached hydrogen (secondary N) is 1. The summed E-state index contributed by atoms with van der Waals surface area (Å²) in [5.74, 6) is 1.06. The van der Waals surface area contributed by atoms with Crippen LogP contribution in [0.5, 0.6) is 0 Å². The minimum absolute atomic E-state index is 1.02. The normalized spacial score (nSPS) is 16.5. The van der Waals surface area contributed by atoms with Crippen LogP contribution in [0.4, 0.5) is 5.82 Å². The summed E-state index contributed by atoms with van der Waals surface area (Å²) in [5, 5.41) is 12.0. The van der Waals surface area contributed by atoms with E-state index >= 15 is 0 Å². The average molecular weight is 220 g/mol. The number of nitrogens with zero attached hydrogens (tertiary/aromatic N) is 3. The van der Waals surface area contributed by atoms with E-state index < -0.39 is 0 Å². The van der Waals surface area contributed by atoms with E-state index in [1.807, 2.05) is 0 Å². The van der Waals surface area contributed by atoms with Gasteiger partial charge in [-0.3, -0.25) is 0 Å². The smallest absolute Gasteiger partial charge is 0.154 e. The molecule has 4 nitrogen and oxygen atoms in total. The number of rotatable bonds is 3. The molecule has 0 bridgehead atoms. The molecular formula is C12H20N4. The van der Waals surface area contributed by atoms with E-state index in [-0.39, 0.29) is 0 Å². The van der Waals surface area contributed by atoms with E-state index in [1.165, 1.54) is 5.56 Å². The highest BCUT2D eigenvalue weighted by atomic mass is 15.3. The van der Waals surface area contributed by atoms with Gasteiger partial charge in [0.2, 0.25) is 0 Å². The standard InChI is InChI=1S/C12H20N4/c1-3-4-11-9-10(2)12(15-14-11)16-7-5-13-6-8-16/h9,13H,3-8H2,1-2H3. The molecule has 1 saturated heterocycles. The van der Waals surface area contributed by atoms with Crippen molar-refractivity contribution in [3.05, 3.63) is 17.3 Å². The van der Waals surface area contributed by atoms with Gasteiger partial charge < -0.3 is 10.2 Å². The number of aromatic nitrogens is 2. The molecular weight excluding hydrogens is 200 g/mol. The molecule has 0 aromatic carbocycles. The minimum Gasteiger partial charge on any atom is -0.352 e. The van der Waals surface area contributed by atoms with Gasteiger partial charge in [-0.25, -0.2) is 0 Å². The Morgan fingerprint density at radius 2 is 2.06 bits per heavy atom. The molecule has 0 amide bonds. The Morgan fingerprint density at radius 1 is 1.31 bits per heavy atom. The second-order valence-corrected chi connectivity index (χ2v) is 4.33. The second kappa shape index (κ2) is 5.25. The highest BCUT2D eigenvalue weighted by Gasteiger charge is 2.14. The summed E-state index contributed by atoms with van der Waals surface area (Å²) in [5.41, 5.74) is 2.36. The summed E-state index contributed by atoms with van der Waals surface area (Å²) >= 11 is 0. The molecule has 2 rings (SSSR count). The number of hydrogen-bond donors (Lipinski definition) is 1. The van der Waals surface area contributed by atoms with Crippen LogP contribution in [0.3, 0.4) is 0 Å². The Kier molecular flexibility index (Phi) is 3.72. The van der Waals surface area contributed by atoms with Crippen molar-refractivity contribution in [2.75, 3.05) is 31.1 Å². The second-order valence-electron chi connectivity index (χ2n) is 4.33. The van der Waals surface area contributed by atoms with E-state index in [0.29, 0.717) is 0 Å². The average Bonchev–Trinajstić information content (AvgIpc) is 2.31. The van der Waals surface area contributed by atoms with Crippen LogP contribution in [0.2, 0.25) is 0 Å². The lowest BCUT2D eigenvalue weighted by Gasteiger charge is -2.29. The summed E-state index contributed by atoms with van der Waals surface area (Å²) in [7, 11) is 0. The van der Waals surface area contributed by atoms with Crippen LogP contribution >= 0.6 is 0 Å². The first-order chi connectivity index (χ1) is 7.81. The maximum Gasteiger partial charge on any atom is 0.154 e. The third kappa shape index (κ3) is 2.50. The van der Waals surface area contributed by atoms with E-state index in [2.05, 4.69) is 40.3 Å². The van der Waals surface area contributed by atoms with Gasteiger partial charge in [-0.05, 0) is 25.0 Å². The number of anilines is 1. The fraction of sp³-hybridized carbons (Fsp3) is 0.667. The summed E-state index contributed by atoms with van der Waals surface area (Å²) in [4.78, 5) is 2.31. The SMILES string of the molecule is CCCc1cc(C)c(N2CCNCC2)nn1. The first-order valence-electron chi connectivity index (χ1n) is 6.10. The van der Waals surface area contributed by atoms with E-state index in [0.717, 1.165) is 50.5 Å². The molecule has 0 aliphatic carbocycles. The van der Waals surface area contributed by atoms with Crippen LogP contribution < -0.4 is 10.2 Å². The fourth-order valence-electron chi connectivity index (χ4n) is 2.10. The Morgan fingerprint density at radius 3 is 2.69 bits per heavy atom. The van der Waals surface area contributed by atoms with Crippen molar-refractivity contribution in [1.29, 1.82) is 0 Å². The van der Waals surface area contributed by atoms with Gasteiger partial charge in [-0.15, -0.1) is 5.10 Å². The molecule has 0 radical (unpaired) electrons. The number of aryl methyl sites for hydroxylation is 2. The molecule has 0 spiro atoms. The molecule has 1 aromatic heterocycles. The lowest BCUT2D eigenvalue weighted by Crippen LogP contribution is -2.44. The van der Waals surface area contributed by atoms with Gasteiger partial charge in [0.1, 0.15) is 0 Å². The van der Waals surface area contributed by atoms with Crippen molar-refractivity contribution in [1.82, 2.24) is 15.5 Å². The molecule has 0 saturated carbocycles. The first kappa shape index (κ1) is 11.3. The quantitative estimate of drug-likeness (QED) is 0.829. The van der Waals surface area contributed by atoms with Crippen molar-refractivity contribution >= 4 is 5.82 Å². The van der Waals surface area contributed by atoms with Gasteiger partial charge in [0.25, 0.3) is 0 Å². The summed E-state index contributed by atoms with van der Waals surface area (Å²) in [6.45, 7) is 8.44. The Labute approximate surface area is 97.1 Å². The molecule has 1 aromatic rings. The molecule has 4 heteroatoms. The lowest BCUT2D eigenvalue weighted by molar-refractivity contribution is 0.580. The minimum atomic E-state index is 1.02. The van der Waals surface area contributed by atoms with Crippen LogP contribution in [0.1, 0.15) is 24.6 Å². The number of piperazine rings is 1. The molecule has 88 valence electrons. The van der Waals surface area contributed by atoms with Crippen LogP contribution in [0.25, 0.3) is 0 Å². The topological polar surface area (TPSA) is 41.0 Å². The van der Waals surface area contributed by atoms with Gasteiger partial charge in [0, 0.05) is 26.2 Å². The molecule has 1 N–H and O–H groups in total. The van der Waals surface area contributed by atoms with Crippen molar-refractivity contribution in [3.8, 4) is 0 Å². The molecule has 0 atom stereocenters. The Bertz CT molecular complexity index is 345. The molecule has 0 unspecified atom stereocenters. The predicted molar refractivity (Wildman–Crippen MR) is 65.8 cm³/mol. The lowest BCUT2D eigenvalue weighted by atomic mass is 10.2. The van der Waals surface area contributed by atoms with Gasteiger partial charge >= 0.3 is 0 Å². The predicted octanol–water partition coefficient (Wildman–Crippen LogP) is 1.15. The van der Waals surface area contributed by atoms with E-state index in [1.54, 1.807) is 0 Å². The monoisotopic (exact) mass is 220 g/mol. The third-order valence-electron chi connectivity index (χ3n) is 2.93. The Balaban J connectivity index is 2.14. The van der Waals surface area contributed by atoms with Gasteiger partial charge in [0.15, 0.2) is 5.82 Å². The maximum atomic E-state index is 4.37.